The van der Waals surface area contributed by atoms with E-state index >= 15 is 0 Å². The van der Waals surface area contributed by atoms with Gasteiger partial charge in [0, 0.05) is 24.6 Å². The van der Waals surface area contributed by atoms with Crippen molar-refractivity contribution in [3.8, 4) is 0 Å². The summed E-state index contributed by atoms with van der Waals surface area (Å²) in [7, 11) is 1.59. The van der Waals surface area contributed by atoms with Crippen LogP contribution in [0.5, 0.6) is 0 Å². The van der Waals surface area contributed by atoms with E-state index in [1.165, 1.54) is 12.1 Å². The molecule has 1 amide bonds. The molecule has 2 aromatic rings. The lowest BCUT2D eigenvalue weighted by Crippen LogP contribution is -2.38. The molecule has 112 valence electrons. The number of aliphatic hydroxyl groups is 1. The van der Waals surface area contributed by atoms with Gasteiger partial charge in [0.05, 0.1) is 18.8 Å². The number of carbonyl (C=O) groups excluding carboxylic acids is 1. The third kappa shape index (κ3) is 2.41. The summed E-state index contributed by atoms with van der Waals surface area (Å²) in [5, 5.41) is 9.80. The van der Waals surface area contributed by atoms with E-state index in [2.05, 4.69) is 4.98 Å². The number of fused-ring (bicyclic) bond motifs is 1. The number of benzene rings is 1. The van der Waals surface area contributed by atoms with Gasteiger partial charge in [-0.1, -0.05) is 6.07 Å². The average molecular weight is 292 g/mol. The number of methoxy groups -OCH3 is 1. The zero-order valence-corrected chi connectivity index (χ0v) is 11.7. The lowest BCUT2D eigenvalue weighted by molar-refractivity contribution is 0.0643. The minimum atomic E-state index is -0.363. The highest BCUT2D eigenvalue weighted by Gasteiger charge is 2.35. The predicted octanol–water partition coefficient (Wildman–Crippen LogP) is 1.53. The van der Waals surface area contributed by atoms with Gasteiger partial charge in [-0.25, -0.2) is 4.39 Å². The molecule has 0 unspecified atom stereocenters. The summed E-state index contributed by atoms with van der Waals surface area (Å²) in [5.41, 5.74) is 0.909. The van der Waals surface area contributed by atoms with E-state index in [1.54, 1.807) is 24.1 Å². The molecule has 1 aliphatic rings. The highest BCUT2D eigenvalue weighted by molar-refractivity contribution is 5.98. The number of hydrogen-bond acceptors (Lipinski definition) is 3. The summed E-state index contributed by atoms with van der Waals surface area (Å²) in [5.74, 6) is -0.609. The third-order valence-corrected chi connectivity index (χ3v) is 4.02. The van der Waals surface area contributed by atoms with Crippen molar-refractivity contribution in [3.63, 3.8) is 0 Å². The number of aliphatic hydroxyl groups excluding tert-OH is 1. The van der Waals surface area contributed by atoms with Crippen LogP contribution in [0.1, 0.15) is 16.9 Å². The maximum atomic E-state index is 13.7. The van der Waals surface area contributed by atoms with Crippen molar-refractivity contribution in [1.29, 1.82) is 0 Å². The smallest absolute Gasteiger partial charge is 0.270 e. The van der Waals surface area contributed by atoms with Gasteiger partial charge in [0.15, 0.2) is 0 Å². The molecule has 21 heavy (non-hydrogen) atoms. The van der Waals surface area contributed by atoms with E-state index in [-0.39, 0.29) is 30.5 Å². The minimum absolute atomic E-state index is 0.0767. The maximum absolute atomic E-state index is 13.7. The van der Waals surface area contributed by atoms with Gasteiger partial charge < -0.3 is 19.7 Å². The predicted molar refractivity (Wildman–Crippen MR) is 75.6 cm³/mol. The fourth-order valence-corrected chi connectivity index (χ4v) is 2.85. The van der Waals surface area contributed by atoms with Gasteiger partial charge in [-0.2, -0.15) is 0 Å². The Hall–Kier alpha value is -1.92. The van der Waals surface area contributed by atoms with Crippen LogP contribution < -0.4 is 0 Å². The number of nitrogens with one attached hydrogen (secondary N) is 1. The van der Waals surface area contributed by atoms with Gasteiger partial charge in [0.2, 0.25) is 0 Å². The van der Waals surface area contributed by atoms with E-state index in [1.807, 2.05) is 0 Å². The summed E-state index contributed by atoms with van der Waals surface area (Å²) in [6.07, 6.45) is 0.528. The number of aromatic amines is 1. The van der Waals surface area contributed by atoms with Crippen LogP contribution in [0.15, 0.2) is 24.3 Å². The fraction of sp³-hybridized carbons (Fsp3) is 0.400. The zero-order valence-electron chi connectivity index (χ0n) is 11.7. The molecule has 1 aromatic carbocycles. The Morgan fingerprint density at radius 3 is 3.05 bits per heavy atom. The first kappa shape index (κ1) is 14.0. The van der Waals surface area contributed by atoms with E-state index in [0.29, 0.717) is 29.6 Å². The van der Waals surface area contributed by atoms with Crippen molar-refractivity contribution in [2.75, 3.05) is 20.3 Å². The first-order valence-electron chi connectivity index (χ1n) is 6.86. The van der Waals surface area contributed by atoms with Crippen molar-refractivity contribution in [3.05, 3.63) is 35.8 Å². The van der Waals surface area contributed by atoms with Gasteiger partial charge in [-0.15, -0.1) is 0 Å². The highest BCUT2D eigenvalue weighted by atomic mass is 19.1. The molecule has 1 aromatic heterocycles. The maximum Gasteiger partial charge on any atom is 0.270 e. The van der Waals surface area contributed by atoms with Crippen molar-refractivity contribution in [2.45, 2.75) is 18.6 Å². The molecule has 0 radical (unpaired) electrons. The van der Waals surface area contributed by atoms with Crippen molar-refractivity contribution in [1.82, 2.24) is 9.88 Å². The number of carbonyl (C=O) groups is 1. The van der Waals surface area contributed by atoms with Crippen molar-refractivity contribution in [2.24, 2.45) is 0 Å². The summed E-state index contributed by atoms with van der Waals surface area (Å²) in [6, 6.07) is 5.93. The molecule has 0 spiro atoms. The largest absolute Gasteiger partial charge is 0.394 e. The van der Waals surface area contributed by atoms with Crippen LogP contribution in [-0.4, -0.2) is 53.3 Å². The number of H-pyrrole nitrogens is 1. The highest BCUT2D eigenvalue weighted by Crippen LogP contribution is 2.24. The van der Waals surface area contributed by atoms with Gasteiger partial charge >= 0.3 is 0 Å². The number of amides is 1. The molecule has 0 aliphatic carbocycles. The number of halogens is 1. The summed E-state index contributed by atoms with van der Waals surface area (Å²) in [6.45, 7) is 0.318. The number of hydrogen-bond donors (Lipinski definition) is 2. The summed E-state index contributed by atoms with van der Waals surface area (Å²) in [4.78, 5) is 17.1. The summed E-state index contributed by atoms with van der Waals surface area (Å²) < 4.78 is 19.0. The molecule has 1 aliphatic heterocycles. The Kier molecular flexibility index (Phi) is 3.65. The van der Waals surface area contributed by atoms with Crippen LogP contribution in [-0.2, 0) is 4.74 Å². The van der Waals surface area contributed by atoms with Gasteiger partial charge in [-0.3, -0.25) is 4.79 Å². The molecular weight excluding hydrogens is 275 g/mol. The second-order valence-corrected chi connectivity index (χ2v) is 5.27. The van der Waals surface area contributed by atoms with Crippen molar-refractivity contribution < 1.29 is 19.0 Å². The van der Waals surface area contributed by atoms with E-state index < -0.39 is 0 Å². The van der Waals surface area contributed by atoms with E-state index in [9.17, 15) is 14.3 Å². The number of ether oxygens (including phenoxy) is 1. The number of likely N-dealkylation sites (tertiary alicyclic amines) is 1. The van der Waals surface area contributed by atoms with Gasteiger partial charge in [0.25, 0.3) is 5.91 Å². The SMILES string of the molecule is CO[C@H]1C[C@@H](CO)N(C(=O)c2cc3c(F)cccc3[nH]2)C1. The Balaban J connectivity index is 1.91. The quantitative estimate of drug-likeness (QED) is 0.901. The second-order valence-electron chi connectivity index (χ2n) is 5.27. The molecule has 0 bridgehead atoms. The Bertz CT molecular complexity index is 670. The van der Waals surface area contributed by atoms with Crippen LogP contribution in [0, 0.1) is 5.82 Å². The number of nitrogens with zero attached hydrogens (tertiary/aromatic N) is 1. The van der Waals surface area contributed by atoms with Crippen molar-refractivity contribution >= 4 is 16.8 Å². The van der Waals surface area contributed by atoms with Gasteiger partial charge in [-0.05, 0) is 24.6 Å². The second kappa shape index (κ2) is 5.46. The molecule has 2 N–H and O–H groups in total. The fourth-order valence-electron chi connectivity index (χ4n) is 2.85. The molecule has 3 rings (SSSR count). The molecule has 5 nitrogen and oxygen atoms in total. The normalized spacial score (nSPS) is 22.1. The first-order valence-corrected chi connectivity index (χ1v) is 6.86. The monoisotopic (exact) mass is 292 g/mol. The molecule has 6 heteroatoms. The Morgan fingerprint density at radius 1 is 1.57 bits per heavy atom. The molecule has 1 fully saturated rings. The summed E-state index contributed by atoms with van der Waals surface area (Å²) >= 11 is 0. The molecule has 2 atom stereocenters. The number of rotatable bonds is 3. The lowest BCUT2D eigenvalue weighted by Gasteiger charge is -2.21. The van der Waals surface area contributed by atoms with Gasteiger partial charge in [0.1, 0.15) is 11.5 Å². The topological polar surface area (TPSA) is 65.6 Å². The molecule has 1 saturated heterocycles. The Morgan fingerprint density at radius 2 is 2.38 bits per heavy atom. The lowest BCUT2D eigenvalue weighted by atomic mass is 10.2. The molecular formula is C15H17FN2O3. The van der Waals surface area contributed by atoms with E-state index in [0.717, 1.165) is 0 Å². The average Bonchev–Trinajstić information content (AvgIpc) is 3.11. The number of aromatic nitrogens is 1. The van der Waals surface area contributed by atoms with Crippen LogP contribution in [0.25, 0.3) is 10.9 Å². The van der Waals surface area contributed by atoms with E-state index in [4.69, 9.17) is 4.74 Å². The standard InChI is InChI=1S/C15H17FN2O3/c1-21-10-5-9(8-19)18(7-10)15(20)14-6-11-12(16)3-2-4-13(11)17-14/h2-4,6,9-10,17,19H,5,7-8H2,1H3/t9-,10-/m0/s1. The zero-order chi connectivity index (χ0) is 15.0. The minimum Gasteiger partial charge on any atom is -0.394 e. The first-order chi connectivity index (χ1) is 10.1. The molecule has 2 heterocycles. The van der Waals surface area contributed by atoms with Crippen LogP contribution in [0.3, 0.4) is 0 Å². The molecule has 0 saturated carbocycles. The third-order valence-electron chi connectivity index (χ3n) is 4.02. The van der Waals surface area contributed by atoms with Crippen LogP contribution in [0.4, 0.5) is 4.39 Å². The van der Waals surface area contributed by atoms with Crippen LogP contribution >= 0.6 is 0 Å². The Labute approximate surface area is 121 Å². The van der Waals surface area contributed by atoms with Crippen LogP contribution in [0.2, 0.25) is 0 Å².